The van der Waals surface area contributed by atoms with Crippen molar-refractivity contribution >= 4 is 27.5 Å². The lowest BCUT2D eigenvalue weighted by atomic mass is 9.85. The van der Waals surface area contributed by atoms with Crippen molar-refractivity contribution in [3.8, 4) is 0 Å². The van der Waals surface area contributed by atoms with Crippen molar-refractivity contribution in [1.82, 2.24) is 20.3 Å². The van der Waals surface area contributed by atoms with Crippen molar-refractivity contribution in [2.75, 3.05) is 25.4 Å². The quantitative estimate of drug-likeness (QED) is 0.139. The second-order valence-electron chi connectivity index (χ2n) is 14.9. The molecule has 3 aromatic carbocycles. The van der Waals surface area contributed by atoms with Gasteiger partial charge in [0, 0.05) is 24.3 Å². The van der Waals surface area contributed by atoms with E-state index in [1.807, 2.05) is 71.0 Å². The zero-order valence-electron chi connectivity index (χ0n) is 29.9. The Bertz CT molecular complexity index is 1740. The Labute approximate surface area is 296 Å². The fourth-order valence-corrected chi connectivity index (χ4v) is 7.63. The molecule has 50 heavy (non-hydrogen) atoms. The van der Waals surface area contributed by atoms with Gasteiger partial charge in [-0.15, -0.1) is 0 Å². The van der Waals surface area contributed by atoms with Gasteiger partial charge in [0.1, 0.15) is 11.9 Å². The molecule has 3 aromatic rings. The summed E-state index contributed by atoms with van der Waals surface area (Å²) in [5.74, 6) is -1.33. The average molecular weight is 710 g/mol. The molecule has 6 N–H and O–H groups in total. The first-order valence-electron chi connectivity index (χ1n) is 17.1. The summed E-state index contributed by atoms with van der Waals surface area (Å²) in [6.45, 7) is 10.8. The molecule has 0 heterocycles. The molecule has 0 saturated heterocycles. The Morgan fingerprint density at radius 3 is 2.24 bits per heavy atom. The molecule has 0 aliphatic heterocycles. The highest BCUT2D eigenvalue weighted by Gasteiger charge is 2.45. The van der Waals surface area contributed by atoms with Crippen LogP contribution >= 0.6 is 0 Å². The SMILES string of the molecule is Cc1ccc(S(=O)(=O)N(CC(C)C)C[C@@H](O)[C@H](Cc2ccccc2)NC(=O)[C@@H](NC(=O)CNC2(c3cccc(F)c3)CC2)C(C)(C)C)cc1N. The number of nitrogens with zero attached hydrogens (tertiary/aromatic N) is 1. The van der Waals surface area contributed by atoms with Gasteiger partial charge in [0.15, 0.2) is 0 Å². The highest BCUT2D eigenvalue weighted by Crippen LogP contribution is 2.45. The molecule has 1 saturated carbocycles. The fourth-order valence-electron chi connectivity index (χ4n) is 5.97. The van der Waals surface area contributed by atoms with Gasteiger partial charge in [-0.1, -0.05) is 83.1 Å². The molecular formula is C38H52FN5O5S. The molecule has 10 nitrogen and oxygen atoms in total. The maximum absolute atomic E-state index is 14.0. The summed E-state index contributed by atoms with van der Waals surface area (Å²) >= 11 is 0. The van der Waals surface area contributed by atoms with Crippen LogP contribution in [0.3, 0.4) is 0 Å². The van der Waals surface area contributed by atoms with Gasteiger partial charge in [0.2, 0.25) is 21.8 Å². The highest BCUT2D eigenvalue weighted by atomic mass is 32.2. The summed E-state index contributed by atoms with van der Waals surface area (Å²) in [5.41, 5.74) is 7.54. The van der Waals surface area contributed by atoms with E-state index in [2.05, 4.69) is 16.0 Å². The number of rotatable bonds is 16. The number of amides is 2. The Morgan fingerprint density at radius 1 is 0.980 bits per heavy atom. The van der Waals surface area contributed by atoms with Crippen LogP contribution in [0, 0.1) is 24.1 Å². The first kappa shape index (κ1) is 39.0. The predicted molar refractivity (Wildman–Crippen MR) is 194 cm³/mol. The number of aliphatic hydroxyl groups is 1. The molecule has 4 rings (SSSR count). The second-order valence-corrected chi connectivity index (χ2v) is 16.9. The minimum absolute atomic E-state index is 0.0200. The van der Waals surface area contributed by atoms with Crippen molar-refractivity contribution in [2.45, 2.75) is 89.4 Å². The lowest BCUT2D eigenvalue weighted by Gasteiger charge is -2.34. The molecule has 0 bridgehead atoms. The van der Waals surface area contributed by atoms with Gasteiger partial charge in [0.25, 0.3) is 0 Å². The van der Waals surface area contributed by atoms with Crippen LogP contribution in [0.15, 0.2) is 77.7 Å². The summed E-state index contributed by atoms with van der Waals surface area (Å²) in [6, 6.07) is 18.3. The van der Waals surface area contributed by atoms with Crippen LogP contribution in [0.2, 0.25) is 0 Å². The first-order chi connectivity index (χ1) is 23.4. The maximum atomic E-state index is 14.0. The zero-order chi connectivity index (χ0) is 36.9. The molecular weight excluding hydrogens is 658 g/mol. The van der Waals surface area contributed by atoms with Crippen molar-refractivity contribution < 1.29 is 27.5 Å². The smallest absolute Gasteiger partial charge is 0.243 e. The van der Waals surface area contributed by atoms with Gasteiger partial charge in [-0.3, -0.25) is 14.9 Å². The molecule has 3 atom stereocenters. The number of carbonyl (C=O) groups is 2. The highest BCUT2D eigenvalue weighted by molar-refractivity contribution is 7.89. The number of nitrogens with two attached hydrogens (primary N) is 1. The molecule has 12 heteroatoms. The summed E-state index contributed by atoms with van der Waals surface area (Å²) in [7, 11) is -4.06. The topological polar surface area (TPSA) is 154 Å². The van der Waals surface area contributed by atoms with Crippen molar-refractivity contribution in [3.63, 3.8) is 0 Å². The van der Waals surface area contributed by atoms with E-state index in [-0.39, 0.29) is 42.7 Å². The largest absolute Gasteiger partial charge is 0.398 e. The summed E-state index contributed by atoms with van der Waals surface area (Å²) in [6.07, 6.45) is 0.414. The van der Waals surface area contributed by atoms with Crippen LogP contribution in [-0.4, -0.2) is 67.5 Å². The van der Waals surface area contributed by atoms with Crippen LogP contribution in [0.1, 0.15) is 64.2 Å². The lowest BCUT2D eigenvalue weighted by molar-refractivity contribution is -0.132. The Hall–Kier alpha value is -3.84. The van der Waals surface area contributed by atoms with Gasteiger partial charge in [0.05, 0.1) is 23.6 Å². The number of sulfonamides is 1. The van der Waals surface area contributed by atoms with E-state index in [0.29, 0.717) is 5.69 Å². The molecule has 0 radical (unpaired) electrons. The number of carbonyl (C=O) groups excluding carboxylic acids is 2. The van der Waals surface area contributed by atoms with Crippen molar-refractivity contribution in [1.29, 1.82) is 0 Å². The molecule has 0 aromatic heterocycles. The van der Waals surface area contributed by atoms with E-state index in [4.69, 9.17) is 5.73 Å². The standard InChI is InChI=1S/C38H52FN5O5S/c1-25(2)23-44(50(48,49)30-16-15-26(3)31(40)21-30)24-33(45)32(19-27-11-8-7-9-12-27)42-36(47)35(37(4,5)6)43-34(46)22-41-38(17-18-38)28-13-10-14-29(39)20-28/h7-16,20-21,25,32-33,35,41,45H,17-19,22-24,40H2,1-6H3,(H,42,47)(H,43,46)/t32-,33+,35+/m0/s1. The van der Waals surface area contributed by atoms with Gasteiger partial charge in [-0.2, -0.15) is 4.31 Å². The number of aliphatic hydroxyl groups excluding tert-OH is 1. The predicted octanol–water partition coefficient (Wildman–Crippen LogP) is 4.26. The maximum Gasteiger partial charge on any atom is 0.243 e. The molecule has 0 spiro atoms. The Morgan fingerprint density at radius 2 is 1.66 bits per heavy atom. The number of nitrogen functional groups attached to an aromatic ring is 1. The Balaban J connectivity index is 1.53. The van der Waals surface area contributed by atoms with Crippen LogP contribution in [0.25, 0.3) is 0 Å². The lowest BCUT2D eigenvalue weighted by Crippen LogP contribution is -2.59. The number of hydrogen-bond acceptors (Lipinski definition) is 7. The van der Waals surface area contributed by atoms with E-state index in [1.54, 1.807) is 19.1 Å². The molecule has 1 fully saturated rings. The van der Waals surface area contributed by atoms with Gasteiger partial charge < -0.3 is 21.5 Å². The third-order valence-electron chi connectivity index (χ3n) is 9.09. The monoisotopic (exact) mass is 709 g/mol. The zero-order valence-corrected chi connectivity index (χ0v) is 30.7. The van der Waals surface area contributed by atoms with Gasteiger partial charge in [-0.05, 0) is 78.5 Å². The van der Waals surface area contributed by atoms with Gasteiger partial charge in [-0.25, -0.2) is 12.8 Å². The summed E-state index contributed by atoms with van der Waals surface area (Å²) < 4.78 is 42.9. The normalized spacial score (nSPS) is 16.1. The van der Waals surface area contributed by atoms with E-state index in [1.165, 1.54) is 28.6 Å². The second kappa shape index (κ2) is 16.0. The average Bonchev–Trinajstić information content (AvgIpc) is 3.84. The van der Waals surface area contributed by atoms with E-state index >= 15 is 0 Å². The van der Waals surface area contributed by atoms with E-state index < -0.39 is 51.0 Å². The minimum atomic E-state index is -4.06. The third kappa shape index (κ3) is 10.1. The van der Waals surface area contributed by atoms with E-state index in [0.717, 1.165) is 29.5 Å². The minimum Gasteiger partial charge on any atom is -0.398 e. The van der Waals surface area contributed by atoms with Crippen LogP contribution < -0.4 is 21.7 Å². The molecule has 2 amide bonds. The number of hydrogen-bond donors (Lipinski definition) is 5. The van der Waals surface area contributed by atoms with Gasteiger partial charge >= 0.3 is 0 Å². The summed E-state index contributed by atoms with van der Waals surface area (Å²) in [4.78, 5) is 27.3. The Kier molecular flexibility index (Phi) is 12.5. The van der Waals surface area contributed by atoms with Crippen molar-refractivity contribution in [3.05, 3.63) is 95.3 Å². The number of benzene rings is 3. The van der Waals surface area contributed by atoms with Crippen LogP contribution in [0.5, 0.6) is 0 Å². The molecule has 0 unspecified atom stereocenters. The van der Waals surface area contributed by atoms with Crippen molar-refractivity contribution in [2.24, 2.45) is 11.3 Å². The number of aryl methyl sites for hydroxylation is 1. The molecule has 272 valence electrons. The van der Waals surface area contributed by atoms with Crippen LogP contribution in [-0.2, 0) is 31.6 Å². The van der Waals surface area contributed by atoms with Crippen LogP contribution in [0.4, 0.5) is 10.1 Å². The summed E-state index contributed by atoms with van der Waals surface area (Å²) in [5, 5.41) is 20.8. The third-order valence-corrected chi connectivity index (χ3v) is 10.9. The number of anilines is 1. The van der Waals surface area contributed by atoms with E-state index in [9.17, 15) is 27.5 Å². The first-order valence-corrected chi connectivity index (χ1v) is 18.5. The number of nitrogens with one attached hydrogen (secondary N) is 3. The molecule has 1 aliphatic carbocycles. The molecule has 1 aliphatic rings. The number of halogens is 1. The fraction of sp³-hybridized carbons (Fsp3) is 0.474.